The van der Waals surface area contributed by atoms with E-state index >= 15 is 0 Å². The monoisotopic (exact) mass is 423 g/mol. The van der Waals surface area contributed by atoms with Gasteiger partial charge in [0.05, 0.1) is 16.6 Å². The molecular formula is C18H12BrCl2NO2. The van der Waals surface area contributed by atoms with E-state index in [0.29, 0.717) is 21.4 Å². The molecule has 0 saturated carbocycles. The van der Waals surface area contributed by atoms with Crippen LogP contribution in [0.15, 0.2) is 63.5 Å². The van der Waals surface area contributed by atoms with E-state index in [4.69, 9.17) is 27.6 Å². The Hall–Kier alpha value is -1.75. The van der Waals surface area contributed by atoms with Gasteiger partial charge in [-0.05, 0) is 42.5 Å². The summed E-state index contributed by atoms with van der Waals surface area (Å²) in [6.07, 6.45) is 0. The molecule has 0 aliphatic carbocycles. The van der Waals surface area contributed by atoms with E-state index in [1.165, 1.54) is 6.07 Å². The lowest BCUT2D eigenvalue weighted by Gasteiger charge is -2.05. The summed E-state index contributed by atoms with van der Waals surface area (Å²) in [7, 11) is 0. The van der Waals surface area contributed by atoms with Crippen LogP contribution < -0.4 is 5.32 Å². The van der Waals surface area contributed by atoms with Crippen LogP contribution in [0.25, 0.3) is 11.3 Å². The molecular weight excluding hydrogens is 413 g/mol. The molecule has 0 radical (unpaired) electrons. The first-order chi connectivity index (χ1) is 11.5. The van der Waals surface area contributed by atoms with Crippen LogP contribution in [0.2, 0.25) is 10.0 Å². The van der Waals surface area contributed by atoms with Gasteiger partial charge in [-0.15, -0.1) is 0 Å². The Morgan fingerprint density at radius 1 is 1.00 bits per heavy atom. The van der Waals surface area contributed by atoms with E-state index in [9.17, 15) is 4.79 Å². The quantitative estimate of drug-likeness (QED) is 0.562. The van der Waals surface area contributed by atoms with Crippen molar-refractivity contribution < 1.29 is 9.21 Å². The number of carbonyl (C=O) groups is 1. The highest BCUT2D eigenvalue weighted by atomic mass is 79.9. The van der Waals surface area contributed by atoms with Crippen molar-refractivity contribution in [3.05, 3.63) is 80.4 Å². The predicted octanol–water partition coefficient (Wildman–Crippen LogP) is 5.95. The van der Waals surface area contributed by atoms with Gasteiger partial charge in [-0.3, -0.25) is 4.79 Å². The highest BCUT2D eigenvalue weighted by Crippen LogP contribution is 2.24. The van der Waals surface area contributed by atoms with Crippen molar-refractivity contribution >= 4 is 45.0 Å². The molecule has 1 aromatic heterocycles. The van der Waals surface area contributed by atoms with Crippen molar-refractivity contribution in [3.8, 4) is 11.3 Å². The molecule has 6 heteroatoms. The molecule has 0 saturated heterocycles. The smallest absolute Gasteiger partial charge is 0.251 e. The molecule has 24 heavy (non-hydrogen) atoms. The van der Waals surface area contributed by atoms with E-state index in [1.54, 1.807) is 12.1 Å². The van der Waals surface area contributed by atoms with Crippen LogP contribution >= 0.6 is 39.1 Å². The van der Waals surface area contributed by atoms with Crippen LogP contribution in [0.5, 0.6) is 0 Å². The summed E-state index contributed by atoms with van der Waals surface area (Å²) >= 11 is 15.2. The molecule has 122 valence electrons. The standard InChI is InChI=1S/C18H12BrCl2NO2/c19-13-4-1-11(2-5-13)17-8-6-14(24-17)10-22-18(23)12-3-7-15(20)16(21)9-12/h1-9H,10H2,(H,22,23). The number of halogens is 3. The average Bonchev–Trinajstić information content (AvgIpc) is 3.05. The van der Waals surface area contributed by atoms with Crippen LogP contribution in [0, 0.1) is 0 Å². The lowest BCUT2D eigenvalue weighted by molar-refractivity contribution is 0.0948. The Kier molecular flexibility index (Phi) is 5.29. The van der Waals surface area contributed by atoms with E-state index in [-0.39, 0.29) is 12.5 Å². The molecule has 1 heterocycles. The second kappa shape index (κ2) is 7.43. The Morgan fingerprint density at radius 2 is 1.75 bits per heavy atom. The largest absolute Gasteiger partial charge is 0.459 e. The summed E-state index contributed by atoms with van der Waals surface area (Å²) in [6, 6.07) is 16.3. The summed E-state index contributed by atoms with van der Waals surface area (Å²) in [5.74, 6) is 1.18. The number of carbonyl (C=O) groups excluding carboxylic acids is 1. The minimum atomic E-state index is -0.241. The highest BCUT2D eigenvalue weighted by Gasteiger charge is 2.10. The number of rotatable bonds is 4. The van der Waals surface area contributed by atoms with E-state index in [2.05, 4.69) is 21.2 Å². The van der Waals surface area contributed by atoms with Gasteiger partial charge in [-0.2, -0.15) is 0 Å². The maximum absolute atomic E-state index is 12.1. The molecule has 2 aromatic carbocycles. The first kappa shape index (κ1) is 17.1. The lowest BCUT2D eigenvalue weighted by atomic mass is 10.2. The number of hydrogen-bond donors (Lipinski definition) is 1. The Labute approximate surface area is 157 Å². The molecule has 1 amide bonds. The molecule has 1 N–H and O–H groups in total. The van der Waals surface area contributed by atoms with Gasteiger partial charge < -0.3 is 9.73 Å². The molecule has 0 spiro atoms. The Bertz CT molecular complexity index is 875. The van der Waals surface area contributed by atoms with Crippen molar-refractivity contribution in [1.82, 2.24) is 5.32 Å². The van der Waals surface area contributed by atoms with E-state index < -0.39 is 0 Å². The first-order valence-electron chi connectivity index (χ1n) is 7.11. The minimum Gasteiger partial charge on any atom is -0.459 e. The molecule has 3 rings (SSSR count). The number of furan rings is 1. The fourth-order valence-corrected chi connectivity index (χ4v) is 2.71. The first-order valence-corrected chi connectivity index (χ1v) is 8.66. The lowest BCUT2D eigenvalue weighted by Crippen LogP contribution is -2.22. The van der Waals surface area contributed by atoms with E-state index in [0.717, 1.165) is 15.8 Å². The molecule has 3 nitrogen and oxygen atoms in total. The zero-order valence-corrected chi connectivity index (χ0v) is 15.5. The van der Waals surface area contributed by atoms with Crippen LogP contribution in [-0.4, -0.2) is 5.91 Å². The van der Waals surface area contributed by atoms with Gasteiger partial charge in [0.2, 0.25) is 0 Å². The predicted molar refractivity (Wildman–Crippen MR) is 99.5 cm³/mol. The number of benzene rings is 2. The van der Waals surface area contributed by atoms with Gasteiger partial charge in [0.1, 0.15) is 11.5 Å². The second-order valence-electron chi connectivity index (χ2n) is 5.08. The van der Waals surface area contributed by atoms with Gasteiger partial charge in [-0.25, -0.2) is 0 Å². The van der Waals surface area contributed by atoms with Crippen molar-refractivity contribution in [2.24, 2.45) is 0 Å². The minimum absolute atomic E-state index is 0.241. The third-order valence-electron chi connectivity index (χ3n) is 3.40. The van der Waals surface area contributed by atoms with Crippen molar-refractivity contribution in [1.29, 1.82) is 0 Å². The molecule has 0 bridgehead atoms. The molecule has 0 aliphatic heterocycles. The van der Waals surface area contributed by atoms with Crippen molar-refractivity contribution in [2.45, 2.75) is 6.54 Å². The number of hydrogen-bond acceptors (Lipinski definition) is 2. The highest BCUT2D eigenvalue weighted by molar-refractivity contribution is 9.10. The summed E-state index contributed by atoms with van der Waals surface area (Å²) < 4.78 is 6.77. The normalized spacial score (nSPS) is 10.6. The third kappa shape index (κ3) is 4.01. The average molecular weight is 425 g/mol. The zero-order valence-electron chi connectivity index (χ0n) is 12.4. The van der Waals surface area contributed by atoms with Crippen molar-refractivity contribution in [2.75, 3.05) is 0 Å². The fraction of sp³-hybridized carbons (Fsp3) is 0.0556. The third-order valence-corrected chi connectivity index (χ3v) is 4.66. The maximum atomic E-state index is 12.1. The summed E-state index contributed by atoms with van der Waals surface area (Å²) in [5.41, 5.74) is 1.42. The summed E-state index contributed by atoms with van der Waals surface area (Å²) in [5, 5.41) is 3.56. The molecule has 0 fully saturated rings. The van der Waals surface area contributed by atoms with Gasteiger partial charge in [0.15, 0.2) is 0 Å². The van der Waals surface area contributed by atoms with Gasteiger partial charge in [-0.1, -0.05) is 51.3 Å². The molecule has 0 atom stereocenters. The van der Waals surface area contributed by atoms with Gasteiger partial charge in [0, 0.05) is 15.6 Å². The molecule has 0 aliphatic rings. The van der Waals surface area contributed by atoms with Gasteiger partial charge >= 0.3 is 0 Å². The van der Waals surface area contributed by atoms with Crippen LogP contribution in [-0.2, 0) is 6.54 Å². The maximum Gasteiger partial charge on any atom is 0.251 e. The molecule has 0 unspecified atom stereocenters. The van der Waals surface area contributed by atoms with Gasteiger partial charge in [0.25, 0.3) is 5.91 Å². The van der Waals surface area contributed by atoms with Crippen LogP contribution in [0.3, 0.4) is 0 Å². The Morgan fingerprint density at radius 3 is 2.46 bits per heavy atom. The van der Waals surface area contributed by atoms with Crippen LogP contribution in [0.1, 0.15) is 16.1 Å². The van der Waals surface area contributed by atoms with Crippen LogP contribution in [0.4, 0.5) is 0 Å². The Balaban J connectivity index is 1.65. The second-order valence-corrected chi connectivity index (χ2v) is 6.81. The summed E-state index contributed by atoms with van der Waals surface area (Å²) in [6.45, 7) is 0.287. The van der Waals surface area contributed by atoms with E-state index in [1.807, 2.05) is 36.4 Å². The zero-order chi connectivity index (χ0) is 17.1. The number of nitrogens with one attached hydrogen (secondary N) is 1. The number of amides is 1. The topological polar surface area (TPSA) is 42.2 Å². The molecule has 3 aromatic rings. The SMILES string of the molecule is O=C(NCc1ccc(-c2ccc(Br)cc2)o1)c1ccc(Cl)c(Cl)c1. The summed E-state index contributed by atoms with van der Waals surface area (Å²) in [4.78, 5) is 12.1. The fourth-order valence-electron chi connectivity index (χ4n) is 2.15. The van der Waals surface area contributed by atoms with Crippen molar-refractivity contribution in [3.63, 3.8) is 0 Å².